The van der Waals surface area contributed by atoms with Gasteiger partial charge in [0.05, 0.1) is 12.6 Å². The number of nitrogens with one attached hydrogen (secondary N) is 1. The van der Waals surface area contributed by atoms with Gasteiger partial charge in [-0.3, -0.25) is 4.79 Å². The number of ketones is 1. The summed E-state index contributed by atoms with van der Waals surface area (Å²) in [6.07, 6.45) is 3.05. The van der Waals surface area contributed by atoms with Crippen LogP contribution >= 0.6 is 0 Å². The molecule has 0 radical (unpaired) electrons. The summed E-state index contributed by atoms with van der Waals surface area (Å²) in [7, 11) is 1.29. The minimum Gasteiger partial charge on any atom is -0.464 e. The number of nitrogens with zero attached hydrogens (tertiary/aromatic N) is 1. The first-order chi connectivity index (χ1) is 7.65. The quantitative estimate of drug-likeness (QED) is 0.613. The van der Waals surface area contributed by atoms with Crippen molar-refractivity contribution in [1.82, 2.24) is 9.97 Å². The van der Waals surface area contributed by atoms with Crippen LogP contribution in [0.5, 0.6) is 0 Å². The SMILES string of the molecule is COC(=O)c1nccc2c(C(C)=O)c[nH]c12. The number of esters is 1. The smallest absolute Gasteiger partial charge is 0.358 e. The molecule has 1 N–H and O–H groups in total. The van der Waals surface area contributed by atoms with Gasteiger partial charge in [-0.15, -0.1) is 0 Å². The molecule has 0 fully saturated rings. The van der Waals surface area contributed by atoms with Gasteiger partial charge in [0, 0.05) is 23.3 Å². The van der Waals surface area contributed by atoms with Crippen LogP contribution in [0.15, 0.2) is 18.5 Å². The van der Waals surface area contributed by atoms with Gasteiger partial charge in [0.2, 0.25) is 0 Å². The summed E-state index contributed by atoms with van der Waals surface area (Å²) >= 11 is 0. The van der Waals surface area contributed by atoms with Gasteiger partial charge in [-0.1, -0.05) is 0 Å². The molecule has 2 aromatic heterocycles. The molecule has 0 aromatic carbocycles. The van der Waals surface area contributed by atoms with Gasteiger partial charge >= 0.3 is 5.97 Å². The molecular weight excluding hydrogens is 208 g/mol. The highest BCUT2D eigenvalue weighted by Gasteiger charge is 2.16. The van der Waals surface area contributed by atoms with Crippen molar-refractivity contribution >= 4 is 22.7 Å². The van der Waals surface area contributed by atoms with Crippen LogP contribution in [0, 0.1) is 0 Å². The Morgan fingerprint density at radius 2 is 2.19 bits per heavy atom. The van der Waals surface area contributed by atoms with Crippen molar-refractivity contribution in [2.75, 3.05) is 7.11 Å². The third kappa shape index (κ3) is 1.46. The molecule has 0 saturated carbocycles. The largest absolute Gasteiger partial charge is 0.464 e. The maximum Gasteiger partial charge on any atom is 0.358 e. The Hall–Kier alpha value is -2.17. The summed E-state index contributed by atoms with van der Waals surface area (Å²) < 4.78 is 4.61. The topological polar surface area (TPSA) is 72.0 Å². The number of hydrogen-bond donors (Lipinski definition) is 1. The van der Waals surface area contributed by atoms with Gasteiger partial charge in [0.1, 0.15) is 0 Å². The molecule has 0 unspecified atom stereocenters. The lowest BCUT2D eigenvalue weighted by atomic mass is 10.1. The summed E-state index contributed by atoms with van der Waals surface area (Å²) in [6.45, 7) is 1.47. The lowest BCUT2D eigenvalue weighted by Gasteiger charge is -1.99. The van der Waals surface area contributed by atoms with Gasteiger partial charge < -0.3 is 9.72 Å². The molecule has 2 rings (SSSR count). The third-order valence-corrected chi connectivity index (χ3v) is 2.36. The van der Waals surface area contributed by atoms with Gasteiger partial charge in [0.25, 0.3) is 0 Å². The molecule has 0 aliphatic heterocycles. The van der Waals surface area contributed by atoms with Crippen LogP contribution in [0.2, 0.25) is 0 Å². The van der Waals surface area contributed by atoms with Crippen molar-refractivity contribution < 1.29 is 14.3 Å². The number of carbonyl (C=O) groups excluding carboxylic acids is 2. The number of aromatic amines is 1. The highest BCUT2D eigenvalue weighted by atomic mass is 16.5. The molecule has 2 aromatic rings. The average Bonchev–Trinajstić information content (AvgIpc) is 2.71. The number of H-pyrrole nitrogens is 1. The molecule has 0 aliphatic carbocycles. The molecule has 82 valence electrons. The Labute approximate surface area is 91.4 Å². The number of fused-ring (bicyclic) bond motifs is 1. The first-order valence-corrected chi connectivity index (χ1v) is 4.70. The van der Waals surface area contributed by atoms with E-state index < -0.39 is 5.97 Å². The van der Waals surface area contributed by atoms with E-state index in [0.717, 1.165) is 0 Å². The van der Waals surface area contributed by atoms with Crippen LogP contribution in [0.4, 0.5) is 0 Å². The highest BCUT2D eigenvalue weighted by Crippen LogP contribution is 2.20. The fourth-order valence-corrected chi connectivity index (χ4v) is 1.60. The average molecular weight is 218 g/mol. The van der Waals surface area contributed by atoms with Crippen LogP contribution in [-0.2, 0) is 4.74 Å². The summed E-state index contributed by atoms with van der Waals surface area (Å²) in [5.41, 5.74) is 1.26. The molecule has 0 aliphatic rings. The van der Waals surface area contributed by atoms with Crippen LogP contribution in [0.25, 0.3) is 10.9 Å². The van der Waals surface area contributed by atoms with Crippen LogP contribution in [0.1, 0.15) is 27.8 Å². The zero-order valence-corrected chi connectivity index (χ0v) is 8.90. The van der Waals surface area contributed by atoms with Crippen molar-refractivity contribution in [3.63, 3.8) is 0 Å². The minimum absolute atomic E-state index is 0.0618. The van der Waals surface area contributed by atoms with Crippen LogP contribution in [-0.4, -0.2) is 28.8 Å². The Balaban J connectivity index is 2.71. The van der Waals surface area contributed by atoms with E-state index in [4.69, 9.17) is 0 Å². The van der Waals surface area contributed by atoms with Gasteiger partial charge in [-0.05, 0) is 13.0 Å². The number of carbonyl (C=O) groups is 2. The van der Waals surface area contributed by atoms with E-state index in [2.05, 4.69) is 14.7 Å². The van der Waals surface area contributed by atoms with Crippen LogP contribution in [0.3, 0.4) is 0 Å². The number of hydrogen-bond acceptors (Lipinski definition) is 4. The van der Waals surface area contributed by atoms with E-state index in [0.29, 0.717) is 16.5 Å². The van der Waals surface area contributed by atoms with Gasteiger partial charge in [0.15, 0.2) is 11.5 Å². The molecule has 0 amide bonds. The second-order valence-electron chi connectivity index (χ2n) is 3.33. The minimum atomic E-state index is -0.525. The van der Waals surface area contributed by atoms with E-state index in [1.165, 1.54) is 20.2 Å². The zero-order valence-electron chi connectivity index (χ0n) is 8.90. The molecule has 5 heteroatoms. The molecule has 0 bridgehead atoms. The predicted molar refractivity (Wildman–Crippen MR) is 57.4 cm³/mol. The fourth-order valence-electron chi connectivity index (χ4n) is 1.60. The fraction of sp³-hybridized carbons (Fsp3) is 0.182. The Morgan fingerprint density at radius 3 is 2.81 bits per heavy atom. The Morgan fingerprint density at radius 1 is 1.44 bits per heavy atom. The van der Waals surface area contributed by atoms with E-state index in [-0.39, 0.29) is 11.5 Å². The molecule has 16 heavy (non-hydrogen) atoms. The molecular formula is C11H10N2O3. The Kier molecular flexibility index (Phi) is 2.44. The van der Waals surface area contributed by atoms with Crippen molar-refractivity contribution in [3.05, 3.63) is 29.7 Å². The normalized spacial score (nSPS) is 10.4. The molecule has 2 heterocycles. The number of methoxy groups -OCH3 is 1. The summed E-state index contributed by atoms with van der Waals surface area (Å²) in [6, 6.07) is 1.69. The lowest BCUT2D eigenvalue weighted by molar-refractivity contribution is 0.0596. The van der Waals surface area contributed by atoms with Crippen LogP contribution < -0.4 is 0 Å². The van der Waals surface area contributed by atoms with E-state index in [1.807, 2.05) is 0 Å². The monoisotopic (exact) mass is 218 g/mol. The summed E-state index contributed by atoms with van der Waals surface area (Å²) in [4.78, 5) is 29.5. The predicted octanol–water partition coefficient (Wildman–Crippen LogP) is 1.55. The highest BCUT2D eigenvalue weighted by molar-refractivity contribution is 6.10. The number of aromatic nitrogens is 2. The first-order valence-electron chi connectivity index (χ1n) is 4.70. The van der Waals surface area contributed by atoms with Crippen molar-refractivity contribution in [3.8, 4) is 0 Å². The summed E-state index contributed by atoms with van der Waals surface area (Å²) in [5.74, 6) is -0.587. The maximum atomic E-state index is 11.4. The number of rotatable bonds is 2. The first kappa shape index (κ1) is 10.4. The molecule has 0 atom stereocenters. The second-order valence-corrected chi connectivity index (χ2v) is 3.33. The van der Waals surface area contributed by atoms with E-state index in [9.17, 15) is 9.59 Å². The van der Waals surface area contributed by atoms with Crippen molar-refractivity contribution in [2.24, 2.45) is 0 Å². The van der Waals surface area contributed by atoms with E-state index >= 15 is 0 Å². The number of pyridine rings is 1. The van der Waals surface area contributed by atoms with Gasteiger partial charge in [-0.2, -0.15) is 0 Å². The van der Waals surface area contributed by atoms with Crippen molar-refractivity contribution in [1.29, 1.82) is 0 Å². The molecule has 0 saturated heterocycles. The zero-order chi connectivity index (χ0) is 11.7. The Bertz CT molecular complexity index is 572. The maximum absolute atomic E-state index is 11.4. The third-order valence-electron chi connectivity index (χ3n) is 2.36. The van der Waals surface area contributed by atoms with Crippen molar-refractivity contribution in [2.45, 2.75) is 6.92 Å². The lowest BCUT2D eigenvalue weighted by Crippen LogP contribution is -2.04. The molecule has 5 nitrogen and oxygen atoms in total. The van der Waals surface area contributed by atoms with E-state index in [1.54, 1.807) is 12.3 Å². The van der Waals surface area contributed by atoms with Gasteiger partial charge in [-0.25, -0.2) is 9.78 Å². The summed E-state index contributed by atoms with van der Waals surface area (Å²) in [5, 5.41) is 0.683. The second kappa shape index (κ2) is 3.77. The number of Topliss-reactive ketones (excluding diaryl/α,β-unsaturated/α-hetero) is 1. The standard InChI is InChI=1S/C11H10N2O3/c1-6(14)8-5-13-9-7(8)3-4-12-10(9)11(15)16-2/h3-5,13H,1-2H3. The number of ether oxygens (including phenoxy) is 1. The molecule has 0 spiro atoms.